The molecule has 2 aliphatic carbocycles. The van der Waals surface area contributed by atoms with Gasteiger partial charge in [-0.2, -0.15) is 0 Å². The van der Waals surface area contributed by atoms with Crippen LogP contribution in [0.5, 0.6) is 0 Å². The quantitative estimate of drug-likeness (QED) is 0.641. The summed E-state index contributed by atoms with van der Waals surface area (Å²) in [4.78, 5) is 23.8. The molecule has 0 bridgehead atoms. The molecular weight excluding hydrogens is 228 g/mol. The second kappa shape index (κ2) is 3.84. The Morgan fingerprint density at radius 2 is 1.67 bits per heavy atom. The molecule has 98 valence electrons. The fourth-order valence-corrected chi connectivity index (χ4v) is 3.80. The third-order valence-electron chi connectivity index (χ3n) is 4.88. The summed E-state index contributed by atoms with van der Waals surface area (Å²) in [5.41, 5.74) is 8.07. The van der Waals surface area contributed by atoms with Crippen LogP contribution in [0.25, 0.3) is 0 Å². The lowest BCUT2D eigenvalue weighted by atomic mass is 9.62. The van der Waals surface area contributed by atoms with Crippen LogP contribution in [0.1, 0.15) is 46.0 Å². The molecule has 18 heavy (non-hydrogen) atoms. The molecule has 4 heteroatoms. The molecule has 3 rings (SSSR count). The second-order valence-electron chi connectivity index (χ2n) is 6.42. The predicted molar refractivity (Wildman–Crippen MR) is 67.2 cm³/mol. The van der Waals surface area contributed by atoms with Crippen molar-refractivity contribution >= 4 is 11.8 Å². The standard InChI is InChI=1S/C14H20N2O2/c1-14(2)5-3-4-8-6-9-10(7-11(8)14)13(18)16-15-12(9)17/h9-10H,3-7H2,1-2H3,(H,15,17)(H,16,18)/t9-,10-/m1/s1. The Labute approximate surface area is 107 Å². The van der Waals surface area contributed by atoms with Crippen LogP contribution in [0, 0.1) is 17.3 Å². The molecule has 1 heterocycles. The Kier molecular flexibility index (Phi) is 2.50. The zero-order valence-electron chi connectivity index (χ0n) is 11.0. The SMILES string of the molecule is CC1(C)CCCC2=C1C[C@H]1C(=O)NNC(=O)[C@@H]1C2. The minimum absolute atomic E-state index is 0.0190. The average molecular weight is 248 g/mol. The van der Waals surface area contributed by atoms with Crippen molar-refractivity contribution in [1.29, 1.82) is 0 Å². The van der Waals surface area contributed by atoms with E-state index in [9.17, 15) is 9.59 Å². The summed E-state index contributed by atoms with van der Waals surface area (Å²) in [6.07, 6.45) is 5.06. The van der Waals surface area contributed by atoms with E-state index in [0.29, 0.717) is 0 Å². The van der Waals surface area contributed by atoms with Gasteiger partial charge in [-0.25, -0.2) is 0 Å². The van der Waals surface area contributed by atoms with Gasteiger partial charge in [0.2, 0.25) is 11.8 Å². The van der Waals surface area contributed by atoms with Crippen LogP contribution < -0.4 is 10.9 Å². The molecule has 1 saturated heterocycles. The first-order valence-corrected chi connectivity index (χ1v) is 6.80. The zero-order valence-corrected chi connectivity index (χ0v) is 11.0. The first kappa shape index (κ1) is 11.8. The van der Waals surface area contributed by atoms with E-state index in [2.05, 4.69) is 24.7 Å². The van der Waals surface area contributed by atoms with Crippen molar-refractivity contribution in [3.63, 3.8) is 0 Å². The number of hydrazine groups is 1. The Morgan fingerprint density at radius 1 is 1.06 bits per heavy atom. The van der Waals surface area contributed by atoms with Crippen molar-refractivity contribution in [2.75, 3.05) is 0 Å². The van der Waals surface area contributed by atoms with Crippen LogP contribution in [-0.2, 0) is 9.59 Å². The molecule has 3 aliphatic rings. The van der Waals surface area contributed by atoms with E-state index >= 15 is 0 Å². The zero-order chi connectivity index (χ0) is 12.9. The molecule has 0 aromatic heterocycles. The van der Waals surface area contributed by atoms with E-state index in [-0.39, 0.29) is 29.1 Å². The van der Waals surface area contributed by atoms with Gasteiger partial charge in [-0.15, -0.1) is 0 Å². The third kappa shape index (κ3) is 1.66. The molecule has 2 N–H and O–H groups in total. The smallest absolute Gasteiger partial charge is 0.242 e. The summed E-state index contributed by atoms with van der Waals surface area (Å²) in [6.45, 7) is 4.53. The maximum absolute atomic E-state index is 11.9. The van der Waals surface area contributed by atoms with Gasteiger partial charge in [0.05, 0.1) is 11.8 Å². The number of hydrogen-bond donors (Lipinski definition) is 2. The van der Waals surface area contributed by atoms with Gasteiger partial charge in [-0.05, 0) is 37.5 Å². The van der Waals surface area contributed by atoms with Gasteiger partial charge in [0.1, 0.15) is 0 Å². The minimum Gasteiger partial charge on any atom is -0.273 e. The summed E-state index contributed by atoms with van der Waals surface area (Å²) in [5.74, 6) is -0.344. The number of carbonyl (C=O) groups excluding carboxylic acids is 2. The molecule has 1 aliphatic heterocycles. The molecule has 0 saturated carbocycles. The number of fused-ring (bicyclic) bond motifs is 1. The Hall–Kier alpha value is -1.32. The highest BCUT2D eigenvalue weighted by atomic mass is 16.2. The minimum atomic E-state index is -0.158. The highest BCUT2D eigenvalue weighted by molar-refractivity contribution is 5.93. The van der Waals surface area contributed by atoms with Crippen molar-refractivity contribution in [3.8, 4) is 0 Å². The number of carbonyl (C=O) groups is 2. The normalized spacial score (nSPS) is 34.3. The van der Waals surface area contributed by atoms with Gasteiger partial charge >= 0.3 is 0 Å². The lowest BCUT2D eigenvalue weighted by Crippen LogP contribution is -2.57. The van der Waals surface area contributed by atoms with Crippen molar-refractivity contribution in [1.82, 2.24) is 10.9 Å². The molecule has 4 nitrogen and oxygen atoms in total. The van der Waals surface area contributed by atoms with Crippen molar-refractivity contribution in [2.24, 2.45) is 17.3 Å². The van der Waals surface area contributed by atoms with Crippen molar-refractivity contribution in [3.05, 3.63) is 11.1 Å². The van der Waals surface area contributed by atoms with E-state index in [1.54, 1.807) is 0 Å². The monoisotopic (exact) mass is 248 g/mol. The number of allylic oxidation sites excluding steroid dienone is 2. The Bertz CT molecular complexity index is 451. The Balaban J connectivity index is 1.97. The van der Waals surface area contributed by atoms with Crippen LogP contribution in [0.3, 0.4) is 0 Å². The van der Waals surface area contributed by atoms with Gasteiger partial charge in [-0.1, -0.05) is 25.0 Å². The topological polar surface area (TPSA) is 58.2 Å². The van der Waals surface area contributed by atoms with E-state index in [1.807, 2.05) is 0 Å². The fraction of sp³-hybridized carbons (Fsp3) is 0.714. The van der Waals surface area contributed by atoms with E-state index in [1.165, 1.54) is 24.0 Å². The largest absolute Gasteiger partial charge is 0.273 e. The molecule has 0 aromatic carbocycles. The van der Waals surface area contributed by atoms with Gasteiger partial charge in [0.25, 0.3) is 0 Å². The van der Waals surface area contributed by atoms with Crippen LogP contribution in [0.15, 0.2) is 11.1 Å². The summed E-state index contributed by atoms with van der Waals surface area (Å²) in [5, 5.41) is 0. The van der Waals surface area contributed by atoms with Crippen LogP contribution in [0.2, 0.25) is 0 Å². The first-order valence-electron chi connectivity index (χ1n) is 6.80. The van der Waals surface area contributed by atoms with E-state index < -0.39 is 0 Å². The molecule has 0 aromatic rings. The van der Waals surface area contributed by atoms with Gasteiger partial charge in [-0.3, -0.25) is 20.4 Å². The average Bonchev–Trinajstić information content (AvgIpc) is 2.33. The molecular formula is C14H20N2O2. The summed E-state index contributed by atoms with van der Waals surface area (Å²) in [6, 6.07) is 0. The molecule has 0 unspecified atom stereocenters. The highest BCUT2D eigenvalue weighted by Gasteiger charge is 2.45. The molecule has 2 amide bonds. The third-order valence-corrected chi connectivity index (χ3v) is 4.88. The number of amides is 2. The second-order valence-corrected chi connectivity index (χ2v) is 6.42. The first-order chi connectivity index (χ1) is 8.49. The number of hydrogen-bond acceptors (Lipinski definition) is 2. The van der Waals surface area contributed by atoms with Crippen molar-refractivity contribution in [2.45, 2.75) is 46.0 Å². The molecule has 2 atom stereocenters. The van der Waals surface area contributed by atoms with Gasteiger partial charge in [0.15, 0.2) is 0 Å². The van der Waals surface area contributed by atoms with E-state index in [4.69, 9.17) is 0 Å². The maximum Gasteiger partial charge on any atom is 0.242 e. The van der Waals surface area contributed by atoms with E-state index in [0.717, 1.165) is 19.3 Å². The fourth-order valence-electron chi connectivity index (χ4n) is 3.80. The lowest BCUT2D eigenvalue weighted by molar-refractivity contribution is -0.143. The molecule has 0 spiro atoms. The maximum atomic E-state index is 11.9. The lowest BCUT2D eigenvalue weighted by Gasteiger charge is -2.44. The van der Waals surface area contributed by atoms with Gasteiger partial charge in [0, 0.05) is 0 Å². The van der Waals surface area contributed by atoms with Crippen LogP contribution in [0.4, 0.5) is 0 Å². The predicted octanol–water partition coefficient (Wildman–Crippen LogP) is 1.68. The highest BCUT2D eigenvalue weighted by Crippen LogP contribution is 2.49. The molecule has 1 fully saturated rings. The van der Waals surface area contributed by atoms with Crippen LogP contribution in [-0.4, -0.2) is 11.8 Å². The van der Waals surface area contributed by atoms with Crippen molar-refractivity contribution < 1.29 is 9.59 Å². The molecule has 0 radical (unpaired) electrons. The summed E-state index contributed by atoms with van der Waals surface area (Å²) >= 11 is 0. The number of nitrogens with one attached hydrogen (secondary N) is 2. The summed E-state index contributed by atoms with van der Waals surface area (Å²) in [7, 11) is 0. The Morgan fingerprint density at radius 3 is 2.33 bits per heavy atom. The number of rotatable bonds is 0. The van der Waals surface area contributed by atoms with Crippen LogP contribution >= 0.6 is 0 Å². The van der Waals surface area contributed by atoms with Gasteiger partial charge < -0.3 is 0 Å². The summed E-state index contributed by atoms with van der Waals surface area (Å²) < 4.78 is 0.